The van der Waals surface area contributed by atoms with E-state index >= 15 is 0 Å². The van der Waals surface area contributed by atoms with Crippen molar-refractivity contribution < 1.29 is 9.53 Å². The van der Waals surface area contributed by atoms with Gasteiger partial charge in [0.1, 0.15) is 0 Å². The SMILES string of the molecule is COC(=O)CCCCCCC/C=C/CBr. The molecule has 0 fully saturated rings. The van der Waals surface area contributed by atoms with E-state index in [1.165, 1.54) is 32.8 Å². The molecule has 0 spiro atoms. The Morgan fingerprint density at radius 2 is 1.80 bits per heavy atom. The molecule has 0 heterocycles. The second-order valence-electron chi connectivity index (χ2n) is 3.51. The van der Waals surface area contributed by atoms with Gasteiger partial charge < -0.3 is 4.74 Å². The topological polar surface area (TPSA) is 26.3 Å². The molecular formula is C12H21BrO2. The zero-order valence-electron chi connectivity index (χ0n) is 9.51. The molecule has 15 heavy (non-hydrogen) atoms. The van der Waals surface area contributed by atoms with Crippen molar-refractivity contribution >= 4 is 21.9 Å². The van der Waals surface area contributed by atoms with Crippen LogP contribution in [0.1, 0.15) is 44.9 Å². The summed E-state index contributed by atoms with van der Waals surface area (Å²) >= 11 is 3.34. The Kier molecular flexibility index (Phi) is 11.5. The summed E-state index contributed by atoms with van der Waals surface area (Å²) in [4.78, 5) is 10.8. The molecule has 0 atom stereocenters. The van der Waals surface area contributed by atoms with E-state index in [0.717, 1.165) is 18.2 Å². The number of methoxy groups -OCH3 is 1. The molecule has 0 rings (SSSR count). The van der Waals surface area contributed by atoms with Crippen LogP contribution in [0, 0.1) is 0 Å². The van der Waals surface area contributed by atoms with Crippen LogP contribution in [0.3, 0.4) is 0 Å². The lowest BCUT2D eigenvalue weighted by Gasteiger charge is -1.99. The van der Waals surface area contributed by atoms with Gasteiger partial charge in [-0.3, -0.25) is 4.79 Å². The fraction of sp³-hybridized carbons (Fsp3) is 0.750. The average molecular weight is 277 g/mol. The molecule has 0 radical (unpaired) electrons. The smallest absolute Gasteiger partial charge is 0.305 e. The van der Waals surface area contributed by atoms with Gasteiger partial charge >= 0.3 is 5.97 Å². The van der Waals surface area contributed by atoms with Crippen molar-refractivity contribution in [2.24, 2.45) is 0 Å². The number of allylic oxidation sites excluding steroid dienone is 2. The molecule has 0 unspecified atom stereocenters. The largest absolute Gasteiger partial charge is 0.469 e. The molecule has 0 saturated heterocycles. The van der Waals surface area contributed by atoms with Gasteiger partial charge in [0.15, 0.2) is 0 Å². The van der Waals surface area contributed by atoms with Gasteiger partial charge in [0.2, 0.25) is 0 Å². The molecule has 0 aromatic heterocycles. The minimum atomic E-state index is -0.0877. The molecule has 2 nitrogen and oxygen atoms in total. The number of halogens is 1. The first-order valence-corrected chi connectivity index (χ1v) is 6.71. The second-order valence-corrected chi connectivity index (χ2v) is 4.16. The lowest BCUT2D eigenvalue weighted by atomic mass is 10.1. The van der Waals surface area contributed by atoms with Crippen LogP contribution in [-0.2, 0) is 9.53 Å². The van der Waals surface area contributed by atoms with Crippen molar-refractivity contribution in [2.75, 3.05) is 12.4 Å². The molecule has 0 saturated carbocycles. The maximum Gasteiger partial charge on any atom is 0.305 e. The maximum absolute atomic E-state index is 10.8. The average Bonchev–Trinajstić information content (AvgIpc) is 2.26. The van der Waals surface area contributed by atoms with Crippen LogP contribution in [0.5, 0.6) is 0 Å². The standard InChI is InChI=1S/C12H21BrO2/c1-15-12(14)10-8-6-4-2-3-5-7-9-11-13/h7,9H,2-6,8,10-11H2,1H3/b9-7+. The maximum atomic E-state index is 10.8. The lowest BCUT2D eigenvalue weighted by molar-refractivity contribution is -0.140. The summed E-state index contributed by atoms with van der Waals surface area (Å²) in [6.07, 6.45) is 11.9. The van der Waals surface area contributed by atoms with Crippen molar-refractivity contribution in [1.29, 1.82) is 0 Å². The van der Waals surface area contributed by atoms with Crippen molar-refractivity contribution in [3.05, 3.63) is 12.2 Å². The number of carbonyl (C=O) groups excluding carboxylic acids is 1. The quantitative estimate of drug-likeness (QED) is 0.277. The molecule has 0 amide bonds. The fourth-order valence-electron chi connectivity index (χ4n) is 1.34. The number of esters is 1. The van der Waals surface area contributed by atoms with Crippen LogP contribution in [-0.4, -0.2) is 18.4 Å². The van der Waals surface area contributed by atoms with E-state index in [-0.39, 0.29) is 5.97 Å². The third-order valence-electron chi connectivity index (χ3n) is 2.24. The van der Waals surface area contributed by atoms with Crippen molar-refractivity contribution in [1.82, 2.24) is 0 Å². The van der Waals surface area contributed by atoms with Gasteiger partial charge in [0, 0.05) is 11.8 Å². The minimum Gasteiger partial charge on any atom is -0.469 e. The van der Waals surface area contributed by atoms with Crippen molar-refractivity contribution in [2.45, 2.75) is 44.9 Å². The number of hydrogen-bond donors (Lipinski definition) is 0. The van der Waals surface area contributed by atoms with Gasteiger partial charge in [0.25, 0.3) is 0 Å². The highest BCUT2D eigenvalue weighted by molar-refractivity contribution is 9.09. The van der Waals surface area contributed by atoms with Crippen LogP contribution in [0.4, 0.5) is 0 Å². The molecule has 0 aliphatic heterocycles. The molecule has 0 bridgehead atoms. The van der Waals surface area contributed by atoms with Crippen molar-refractivity contribution in [3.8, 4) is 0 Å². The van der Waals surface area contributed by atoms with Crippen LogP contribution in [0.2, 0.25) is 0 Å². The first-order valence-electron chi connectivity index (χ1n) is 5.59. The Labute approximate surface area is 101 Å². The molecule has 0 aliphatic rings. The monoisotopic (exact) mass is 276 g/mol. The summed E-state index contributed by atoms with van der Waals surface area (Å²) in [5.41, 5.74) is 0. The summed E-state index contributed by atoms with van der Waals surface area (Å²) in [6, 6.07) is 0. The van der Waals surface area contributed by atoms with Gasteiger partial charge in [0.05, 0.1) is 7.11 Å². The highest BCUT2D eigenvalue weighted by Gasteiger charge is 1.98. The summed E-state index contributed by atoms with van der Waals surface area (Å²) in [6.45, 7) is 0. The number of ether oxygens (including phenoxy) is 1. The van der Waals surface area contributed by atoms with Gasteiger partial charge in [-0.2, -0.15) is 0 Å². The number of alkyl halides is 1. The van der Waals surface area contributed by atoms with Crippen LogP contribution in [0.25, 0.3) is 0 Å². The highest BCUT2D eigenvalue weighted by atomic mass is 79.9. The zero-order valence-corrected chi connectivity index (χ0v) is 11.1. The highest BCUT2D eigenvalue weighted by Crippen LogP contribution is 2.08. The third-order valence-corrected chi connectivity index (χ3v) is 2.61. The van der Waals surface area contributed by atoms with E-state index in [0.29, 0.717) is 6.42 Å². The molecule has 3 heteroatoms. The molecule has 0 aromatic carbocycles. The summed E-state index contributed by atoms with van der Waals surface area (Å²) < 4.78 is 4.57. The van der Waals surface area contributed by atoms with Gasteiger partial charge in [-0.05, 0) is 19.3 Å². The van der Waals surface area contributed by atoms with E-state index in [9.17, 15) is 4.79 Å². The molecule has 0 aliphatic carbocycles. The Balaban J connectivity index is 3.05. The van der Waals surface area contributed by atoms with Gasteiger partial charge in [-0.1, -0.05) is 47.3 Å². The summed E-state index contributed by atoms with van der Waals surface area (Å²) in [5, 5.41) is 0.951. The predicted octanol–water partition coefficient (Wildman–Crippen LogP) is 3.84. The van der Waals surface area contributed by atoms with Crippen LogP contribution in [0.15, 0.2) is 12.2 Å². The third kappa shape index (κ3) is 11.6. The summed E-state index contributed by atoms with van der Waals surface area (Å²) in [7, 11) is 1.44. The van der Waals surface area contributed by atoms with E-state index in [1.54, 1.807) is 0 Å². The first kappa shape index (κ1) is 14.7. The van der Waals surface area contributed by atoms with Crippen LogP contribution < -0.4 is 0 Å². The van der Waals surface area contributed by atoms with E-state index in [2.05, 4.69) is 32.8 Å². The van der Waals surface area contributed by atoms with Gasteiger partial charge in [-0.15, -0.1) is 0 Å². The number of rotatable bonds is 9. The molecule has 0 aromatic rings. The zero-order chi connectivity index (χ0) is 11.4. The van der Waals surface area contributed by atoms with E-state index in [4.69, 9.17) is 0 Å². The predicted molar refractivity (Wildman–Crippen MR) is 67.3 cm³/mol. The Morgan fingerprint density at radius 3 is 2.47 bits per heavy atom. The normalized spacial score (nSPS) is 10.8. The van der Waals surface area contributed by atoms with E-state index < -0.39 is 0 Å². The van der Waals surface area contributed by atoms with Gasteiger partial charge in [-0.25, -0.2) is 0 Å². The van der Waals surface area contributed by atoms with Crippen LogP contribution >= 0.6 is 15.9 Å². The number of carbonyl (C=O) groups is 1. The first-order chi connectivity index (χ1) is 7.31. The minimum absolute atomic E-state index is 0.0877. The lowest BCUT2D eigenvalue weighted by Crippen LogP contribution is -1.98. The summed E-state index contributed by atoms with van der Waals surface area (Å²) in [5.74, 6) is -0.0877. The number of unbranched alkanes of at least 4 members (excludes halogenated alkanes) is 5. The fourth-order valence-corrected chi connectivity index (χ4v) is 1.61. The Morgan fingerprint density at radius 1 is 1.13 bits per heavy atom. The molecule has 88 valence electrons. The molecular weight excluding hydrogens is 256 g/mol. The molecule has 0 N–H and O–H groups in total. The van der Waals surface area contributed by atoms with E-state index in [1.807, 2.05) is 0 Å². The second kappa shape index (κ2) is 11.8. The van der Waals surface area contributed by atoms with Crippen molar-refractivity contribution in [3.63, 3.8) is 0 Å². The number of hydrogen-bond acceptors (Lipinski definition) is 2. The Hall–Kier alpha value is -0.310. The Bertz CT molecular complexity index is 178.